The first-order valence-corrected chi connectivity index (χ1v) is 13.5. The van der Waals surface area contributed by atoms with Gasteiger partial charge in [0.1, 0.15) is 0 Å². The Kier molecular flexibility index (Phi) is 6.97. The second-order valence-electron chi connectivity index (χ2n) is 9.27. The van der Waals surface area contributed by atoms with Gasteiger partial charge in [0.05, 0.1) is 16.8 Å². The molecule has 1 saturated heterocycles. The van der Waals surface area contributed by atoms with Gasteiger partial charge in [-0.15, -0.1) is 11.3 Å². The molecule has 0 atom stereocenters. The fourth-order valence-electron chi connectivity index (χ4n) is 3.74. The van der Waals surface area contributed by atoms with E-state index in [9.17, 15) is 8.42 Å². The molecular formula is C25H30N4O2S2. The molecular weight excluding hydrogens is 452 g/mol. The van der Waals surface area contributed by atoms with E-state index in [-0.39, 0.29) is 5.41 Å². The summed E-state index contributed by atoms with van der Waals surface area (Å²) in [7, 11) is -3.42. The van der Waals surface area contributed by atoms with E-state index in [2.05, 4.69) is 60.5 Å². The Morgan fingerprint density at radius 1 is 1.00 bits per heavy atom. The summed E-state index contributed by atoms with van der Waals surface area (Å²) in [6.45, 7) is 7.79. The molecule has 0 unspecified atom stereocenters. The van der Waals surface area contributed by atoms with Crippen LogP contribution in [0.4, 0.5) is 5.13 Å². The van der Waals surface area contributed by atoms with Crippen molar-refractivity contribution in [2.45, 2.75) is 50.3 Å². The Labute approximate surface area is 200 Å². The van der Waals surface area contributed by atoms with E-state index < -0.39 is 10.0 Å². The fraction of sp³-hybridized carbons (Fsp3) is 0.360. The molecule has 6 nitrogen and oxygen atoms in total. The van der Waals surface area contributed by atoms with Crippen molar-refractivity contribution in [1.29, 1.82) is 0 Å². The van der Waals surface area contributed by atoms with E-state index in [0.29, 0.717) is 23.1 Å². The smallest absolute Gasteiger partial charge is 0.243 e. The second kappa shape index (κ2) is 9.75. The summed E-state index contributed by atoms with van der Waals surface area (Å²) in [5, 5.41) is 6.91. The van der Waals surface area contributed by atoms with Gasteiger partial charge in [0.25, 0.3) is 0 Å². The number of anilines is 1. The van der Waals surface area contributed by atoms with Crippen molar-refractivity contribution in [3.63, 3.8) is 0 Å². The zero-order chi connectivity index (χ0) is 23.5. The lowest BCUT2D eigenvalue weighted by molar-refractivity contribution is 0.346. The normalized spacial score (nSPS) is 15.7. The van der Waals surface area contributed by atoms with E-state index in [1.54, 1.807) is 22.7 Å². The molecule has 0 spiro atoms. The van der Waals surface area contributed by atoms with Crippen molar-refractivity contribution in [2.24, 2.45) is 5.10 Å². The van der Waals surface area contributed by atoms with Crippen LogP contribution in [0.15, 0.2) is 63.9 Å². The zero-order valence-corrected chi connectivity index (χ0v) is 20.9. The van der Waals surface area contributed by atoms with E-state index in [1.165, 1.54) is 16.9 Å². The summed E-state index contributed by atoms with van der Waals surface area (Å²) in [6.07, 6.45) is 4.72. The summed E-state index contributed by atoms with van der Waals surface area (Å²) in [5.74, 6) is 0. The van der Waals surface area contributed by atoms with Crippen LogP contribution in [0.1, 0.15) is 51.2 Å². The summed E-state index contributed by atoms with van der Waals surface area (Å²) >= 11 is 1.46. The largest absolute Gasteiger partial charge is 0.253 e. The summed E-state index contributed by atoms with van der Waals surface area (Å²) in [4.78, 5) is 4.91. The minimum Gasteiger partial charge on any atom is -0.253 e. The highest BCUT2D eigenvalue weighted by atomic mass is 32.2. The minimum atomic E-state index is -3.42. The molecule has 0 bridgehead atoms. The Balaban J connectivity index is 1.39. The van der Waals surface area contributed by atoms with Crippen molar-refractivity contribution in [2.75, 3.05) is 18.5 Å². The van der Waals surface area contributed by atoms with E-state index in [0.717, 1.165) is 36.1 Å². The SMILES string of the molecule is CC(C)(C)c1ccc(/C=N\Nc2nc(-c3ccc(S(=O)(=O)N4CCCCC4)cc3)cs2)cc1. The highest BCUT2D eigenvalue weighted by Crippen LogP contribution is 2.27. The Hall–Kier alpha value is -2.55. The summed E-state index contributed by atoms with van der Waals surface area (Å²) in [6, 6.07) is 15.3. The fourth-order valence-corrected chi connectivity index (χ4v) is 5.93. The van der Waals surface area contributed by atoms with Crippen LogP contribution in [0.3, 0.4) is 0 Å². The molecule has 0 amide bonds. The molecule has 1 N–H and O–H groups in total. The molecule has 1 aliphatic rings. The number of rotatable bonds is 6. The van der Waals surface area contributed by atoms with E-state index in [4.69, 9.17) is 0 Å². The van der Waals surface area contributed by atoms with Crippen molar-refractivity contribution < 1.29 is 8.42 Å². The number of thiazole rings is 1. The lowest BCUT2D eigenvalue weighted by Gasteiger charge is -2.25. The first-order valence-electron chi connectivity index (χ1n) is 11.2. The topological polar surface area (TPSA) is 74.7 Å². The molecule has 2 aromatic carbocycles. The van der Waals surface area contributed by atoms with E-state index >= 15 is 0 Å². The van der Waals surface area contributed by atoms with Gasteiger partial charge in [-0.2, -0.15) is 9.41 Å². The molecule has 1 fully saturated rings. The lowest BCUT2D eigenvalue weighted by atomic mass is 9.87. The average molecular weight is 483 g/mol. The molecule has 4 rings (SSSR count). The number of hydrogen-bond acceptors (Lipinski definition) is 6. The molecule has 1 aliphatic heterocycles. The van der Waals surface area contributed by atoms with Gasteiger partial charge in [0, 0.05) is 24.0 Å². The van der Waals surface area contributed by atoms with Crippen LogP contribution in [0.5, 0.6) is 0 Å². The molecule has 0 saturated carbocycles. The van der Waals surface area contributed by atoms with Gasteiger partial charge in [0.2, 0.25) is 15.2 Å². The Bertz CT molecular complexity index is 1200. The number of hydrogen-bond donors (Lipinski definition) is 1. The zero-order valence-electron chi connectivity index (χ0n) is 19.3. The van der Waals surface area contributed by atoms with Crippen molar-refractivity contribution >= 4 is 32.7 Å². The average Bonchev–Trinajstić information content (AvgIpc) is 3.28. The molecule has 1 aromatic heterocycles. The molecule has 33 heavy (non-hydrogen) atoms. The van der Waals surface area contributed by atoms with Crippen LogP contribution in [-0.2, 0) is 15.4 Å². The first kappa shape index (κ1) is 23.6. The van der Waals surface area contributed by atoms with Gasteiger partial charge >= 0.3 is 0 Å². The van der Waals surface area contributed by atoms with Gasteiger partial charge in [-0.3, -0.25) is 5.43 Å². The molecule has 0 aliphatic carbocycles. The number of hydrazone groups is 1. The molecule has 0 radical (unpaired) electrons. The molecule has 8 heteroatoms. The maximum Gasteiger partial charge on any atom is 0.243 e. The van der Waals surface area contributed by atoms with Gasteiger partial charge in [0.15, 0.2) is 0 Å². The second-order valence-corrected chi connectivity index (χ2v) is 12.1. The maximum absolute atomic E-state index is 12.8. The monoisotopic (exact) mass is 482 g/mol. The number of sulfonamides is 1. The van der Waals surface area contributed by atoms with Crippen LogP contribution < -0.4 is 5.43 Å². The van der Waals surface area contributed by atoms with E-state index in [1.807, 2.05) is 17.5 Å². The third-order valence-corrected chi connectivity index (χ3v) is 8.42. The first-order chi connectivity index (χ1) is 15.7. The Morgan fingerprint density at radius 2 is 1.67 bits per heavy atom. The molecule has 174 valence electrons. The van der Waals surface area contributed by atoms with Gasteiger partial charge in [-0.25, -0.2) is 13.4 Å². The van der Waals surface area contributed by atoms with Crippen LogP contribution in [0.25, 0.3) is 11.3 Å². The predicted molar refractivity (Wildman–Crippen MR) is 137 cm³/mol. The van der Waals surface area contributed by atoms with Crippen LogP contribution in [0, 0.1) is 0 Å². The molecule has 3 aromatic rings. The maximum atomic E-state index is 12.8. The quantitative estimate of drug-likeness (QED) is 0.360. The number of aromatic nitrogens is 1. The number of nitrogens with one attached hydrogen (secondary N) is 1. The molecule has 2 heterocycles. The van der Waals surface area contributed by atoms with Crippen LogP contribution in [-0.4, -0.2) is 37.0 Å². The highest BCUT2D eigenvalue weighted by molar-refractivity contribution is 7.89. The van der Waals surface area contributed by atoms with Crippen molar-refractivity contribution in [3.05, 3.63) is 65.0 Å². The standard InChI is InChI=1S/C25H30N4O2S2/c1-25(2,3)21-11-7-19(8-12-21)17-26-28-24-27-23(18-32-24)20-9-13-22(14-10-20)33(30,31)29-15-5-4-6-16-29/h7-14,17-18H,4-6,15-16H2,1-3H3,(H,27,28)/b26-17-. The number of nitrogens with zero attached hydrogens (tertiary/aromatic N) is 3. The third kappa shape index (κ3) is 5.69. The highest BCUT2D eigenvalue weighted by Gasteiger charge is 2.25. The third-order valence-electron chi connectivity index (χ3n) is 5.76. The number of piperidine rings is 1. The Morgan fingerprint density at radius 3 is 2.30 bits per heavy atom. The minimum absolute atomic E-state index is 0.126. The van der Waals surface area contributed by atoms with Gasteiger partial charge in [-0.1, -0.05) is 63.6 Å². The summed E-state index contributed by atoms with van der Waals surface area (Å²) in [5.41, 5.74) is 7.06. The van der Waals surface area contributed by atoms with Crippen molar-refractivity contribution in [3.8, 4) is 11.3 Å². The van der Waals surface area contributed by atoms with Gasteiger partial charge in [-0.05, 0) is 41.5 Å². The van der Waals surface area contributed by atoms with Gasteiger partial charge < -0.3 is 0 Å². The lowest BCUT2D eigenvalue weighted by Crippen LogP contribution is -2.35. The number of benzene rings is 2. The van der Waals surface area contributed by atoms with Crippen LogP contribution >= 0.6 is 11.3 Å². The summed E-state index contributed by atoms with van der Waals surface area (Å²) < 4.78 is 27.2. The van der Waals surface area contributed by atoms with Crippen molar-refractivity contribution in [1.82, 2.24) is 9.29 Å². The van der Waals surface area contributed by atoms with Crippen LogP contribution in [0.2, 0.25) is 0 Å². The predicted octanol–water partition coefficient (Wildman–Crippen LogP) is 5.73.